The van der Waals surface area contributed by atoms with E-state index in [1.807, 2.05) is 4.90 Å². The molecule has 3 heterocycles. The maximum absolute atomic E-state index is 13.3. The first-order valence-corrected chi connectivity index (χ1v) is 8.95. The summed E-state index contributed by atoms with van der Waals surface area (Å²) >= 11 is 0. The second-order valence-electron chi connectivity index (χ2n) is 6.38. The molecule has 1 fully saturated rings. The van der Waals surface area contributed by atoms with E-state index in [2.05, 4.69) is 25.3 Å². The van der Waals surface area contributed by atoms with Crippen LogP contribution < -0.4 is 10.2 Å². The van der Waals surface area contributed by atoms with Gasteiger partial charge in [-0.15, -0.1) is 0 Å². The van der Waals surface area contributed by atoms with Gasteiger partial charge in [0.1, 0.15) is 0 Å². The van der Waals surface area contributed by atoms with E-state index in [4.69, 9.17) is 0 Å². The van der Waals surface area contributed by atoms with Gasteiger partial charge in [0.05, 0.1) is 5.56 Å². The molecule has 2 aromatic heterocycles. The molecule has 29 heavy (non-hydrogen) atoms. The van der Waals surface area contributed by atoms with Crippen molar-refractivity contribution in [3.63, 3.8) is 0 Å². The monoisotopic (exact) mass is 397 g/mol. The summed E-state index contributed by atoms with van der Waals surface area (Å²) in [6.45, 7) is 2.33. The van der Waals surface area contributed by atoms with Crippen molar-refractivity contribution < 1.29 is 13.6 Å². The molecule has 0 aliphatic carbocycles. The minimum Gasteiger partial charge on any atom is -0.337 e. The average Bonchev–Trinajstić information content (AvgIpc) is 2.77. The number of amides is 1. The molecule has 3 aromatic rings. The van der Waals surface area contributed by atoms with Crippen molar-refractivity contribution in [2.24, 2.45) is 0 Å². The second kappa shape index (κ2) is 8.13. The zero-order chi connectivity index (χ0) is 20.2. The van der Waals surface area contributed by atoms with E-state index in [1.165, 1.54) is 18.5 Å². The first-order chi connectivity index (χ1) is 14.1. The van der Waals surface area contributed by atoms with Crippen molar-refractivity contribution in [3.8, 4) is 0 Å². The van der Waals surface area contributed by atoms with Gasteiger partial charge in [-0.05, 0) is 18.2 Å². The van der Waals surface area contributed by atoms with Crippen molar-refractivity contribution in [2.45, 2.75) is 0 Å². The van der Waals surface area contributed by atoms with E-state index < -0.39 is 11.6 Å². The average molecular weight is 397 g/mol. The summed E-state index contributed by atoms with van der Waals surface area (Å²) in [6.07, 6.45) is 6.19. The fourth-order valence-electron chi connectivity index (χ4n) is 2.95. The van der Waals surface area contributed by atoms with E-state index >= 15 is 0 Å². The van der Waals surface area contributed by atoms with Crippen LogP contribution in [0, 0.1) is 11.6 Å². The molecule has 1 N–H and O–H groups in total. The van der Waals surface area contributed by atoms with Crippen LogP contribution in [0.15, 0.2) is 49.1 Å². The van der Waals surface area contributed by atoms with Crippen LogP contribution in [-0.2, 0) is 0 Å². The van der Waals surface area contributed by atoms with E-state index in [0.717, 1.165) is 12.1 Å². The molecule has 8 nitrogen and oxygen atoms in total. The predicted octanol–water partition coefficient (Wildman–Crippen LogP) is 2.25. The number of piperazine rings is 1. The molecule has 1 aromatic carbocycles. The van der Waals surface area contributed by atoms with Crippen molar-refractivity contribution >= 4 is 23.5 Å². The molecule has 1 saturated heterocycles. The lowest BCUT2D eigenvalue weighted by Crippen LogP contribution is -2.49. The molecule has 148 valence electrons. The molecule has 0 saturated carbocycles. The Kier molecular flexibility index (Phi) is 5.23. The fourth-order valence-corrected chi connectivity index (χ4v) is 2.95. The maximum Gasteiger partial charge on any atom is 0.257 e. The number of rotatable bonds is 4. The number of carbonyl (C=O) groups is 1. The minimum absolute atomic E-state index is 0.169. The van der Waals surface area contributed by atoms with Crippen LogP contribution in [-0.4, -0.2) is 56.9 Å². The Labute approximate surface area is 165 Å². The second-order valence-corrected chi connectivity index (χ2v) is 6.38. The first kappa shape index (κ1) is 18.7. The van der Waals surface area contributed by atoms with Crippen LogP contribution in [0.25, 0.3) is 0 Å². The summed E-state index contributed by atoms with van der Waals surface area (Å²) < 4.78 is 26.3. The number of aromatic nitrogens is 4. The maximum atomic E-state index is 13.3. The zero-order valence-electron chi connectivity index (χ0n) is 15.3. The molecular weight excluding hydrogens is 380 g/mol. The molecule has 0 spiro atoms. The number of halogens is 2. The molecule has 4 rings (SSSR count). The molecule has 0 unspecified atom stereocenters. The highest BCUT2D eigenvalue weighted by molar-refractivity contribution is 5.93. The lowest BCUT2D eigenvalue weighted by atomic mass is 10.2. The van der Waals surface area contributed by atoms with Gasteiger partial charge in [0.15, 0.2) is 11.6 Å². The van der Waals surface area contributed by atoms with Gasteiger partial charge in [0.2, 0.25) is 11.9 Å². The number of hydrogen-bond donors (Lipinski definition) is 1. The fraction of sp³-hybridized carbons (Fsp3) is 0.211. The van der Waals surface area contributed by atoms with Crippen molar-refractivity contribution in [1.29, 1.82) is 0 Å². The zero-order valence-corrected chi connectivity index (χ0v) is 15.3. The highest BCUT2D eigenvalue weighted by Crippen LogP contribution is 2.17. The number of nitrogens with one attached hydrogen (secondary N) is 1. The summed E-state index contributed by atoms with van der Waals surface area (Å²) in [5, 5.41) is 2.77. The Balaban J connectivity index is 1.36. The van der Waals surface area contributed by atoms with Crippen molar-refractivity contribution in [2.75, 3.05) is 36.4 Å². The van der Waals surface area contributed by atoms with Gasteiger partial charge in [-0.25, -0.2) is 28.7 Å². The van der Waals surface area contributed by atoms with Gasteiger partial charge in [-0.1, -0.05) is 0 Å². The summed E-state index contributed by atoms with van der Waals surface area (Å²) in [4.78, 5) is 33.1. The van der Waals surface area contributed by atoms with Crippen LogP contribution in [0.2, 0.25) is 0 Å². The van der Waals surface area contributed by atoms with E-state index in [0.29, 0.717) is 43.4 Å². The summed E-state index contributed by atoms with van der Waals surface area (Å²) in [5.74, 6) is -1.25. The number of carbonyl (C=O) groups excluding carboxylic acids is 1. The number of anilines is 3. The highest BCUT2D eigenvalue weighted by Gasteiger charge is 2.23. The Morgan fingerprint density at radius 1 is 0.931 bits per heavy atom. The summed E-state index contributed by atoms with van der Waals surface area (Å²) in [7, 11) is 0. The molecular formula is C19H17F2N7O. The molecule has 1 aliphatic heterocycles. The quantitative estimate of drug-likeness (QED) is 0.723. The van der Waals surface area contributed by atoms with Gasteiger partial charge in [-0.3, -0.25) is 4.79 Å². The Bertz CT molecular complexity index is 993. The van der Waals surface area contributed by atoms with Gasteiger partial charge >= 0.3 is 0 Å². The highest BCUT2D eigenvalue weighted by atomic mass is 19.2. The Hall–Kier alpha value is -3.69. The number of nitrogens with zero attached hydrogens (tertiary/aromatic N) is 6. The van der Waals surface area contributed by atoms with Crippen LogP contribution in [0.4, 0.5) is 26.4 Å². The third kappa shape index (κ3) is 4.26. The van der Waals surface area contributed by atoms with Crippen LogP contribution in [0.5, 0.6) is 0 Å². The standard InChI is InChI=1S/C19H17F2N7O/c20-15-3-2-14(10-16(15)21)26-18-24-11-13(12-25-18)17(29)27-6-8-28(9-7-27)19-22-4-1-5-23-19/h1-5,10-12H,6-9H2,(H,24,25,26). The number of benzene rings is 1. The van der Waals surface area contributed by atoms with Crippen molar-refractivity contribution in [1.82, 2.24) is 24.8 Å². The normalized spacial score (nSPS) is 14.0. The SMILES string of the molecule is O=C(c1cnc(Nc2ccc(F)c(F)c2)nc1)N1CCN(c2ncccn2)CC1. The van der Waals surface area contributed by atoms with E-state index in [-0.39, 0.29) is 11.9 Å². The molecule has 0 radical (unpaired) electrons. The van der Waals surface area contributed by atoms with Gasteiger partial charge < -0.3 is 15.1 Å². The van der Waals surface area contributed by atoms with Crippen molar-refractivity contribution in [3.05, 3.63) is 66.3 Å². The Morgan fingerprint density at radius 2 is 1.62 bits per heavy atom. The van der Waals surface area contributed by atoms with Gasteiger partial charge in [0, 0.05) is 62.7 Å². The summed E-state index contributed by atoms with van der Waals surface area (Å²) in [5.41, 5.74) is 0.660. The van der Waals surface area contributed by atoms with Gasteiger partial charge in [-0.2, -0.15) is 0 Å². The third-order valence-corrected chi connectivity index (χ3v) is 4.48. The molecule has 1 aliphatic rings. The lowest BCUT2D eigenvalue weighted by Gasteiger charge is -2.34. The van der Waals surface area contributed by atoms with Crippen LogP contribution in [0.3, 0.4) is 0 Å². The smallest absolute Gasteiger partial charge is 0.257 e. The van der Waals surface area contributed by atoms with E-state index in [1.54, 1.807) is 23.4 Å². The topological polar surface area (TPSA) is 87.1 Å². The van der Waals surface area contributed by atoms with Gasteiger partial charge in [0.25, 0.3) is 5.91 Å². The first-order valence-electron chi connectivity index (χ1n) is 8.95. The van der Waals surface area contributed by atoms with Crippen LogP contribution in [0.1, 0.15) is 10.4 Å². The predicted molar refractivity (Wildman–Crippen MR) is 102 cm³/mol. The third-order valence-electron chi connectivity index (χ3n) is 4.48. The number of hydrogen-bond acceptors (Lipinski definition) is 7. The molecule has 0 bridgehead atoms. The molecule has 10 heteroatoms. The minimum atomic E-state index is -0.971. The van der Waals surface area contributed by atoms with Crippen LogP contribution >= 0.6 is 0 Å². The largest absolute Gasteiger partial charge is 0.337 e. The van der Waals surface area contributed by atoms with E-state index in [9.17, 15) is 13.6 Å². The Morgan fingerprint density at radius 3 is 2.28 bits per heavy atom. The molecule has 1 amide bonds. The summed E-state index contributed by atoms with van der Waals surface area (Å²) in [6, 6.07) is 5.15. The molecule has 0 atom stereocenters. The lowest BCUT2D eigenvalue weighted by molar-refractivity contribution is 0.0745.